The normalized spacial score (nSPS) is 29.7. The molecule has 0 saturated heterocycles. The van der Waals surface area contributed by atoms with E-state index in [4.69, 9.17) is 6.42 Å². The van der Waals surface area contributed by atoms with E-state index in [0.717, 1.165) is 18.5 Å². The van der Waals surface area contributed by atoms with Gasteiger partial charge in [-0.15, -0.1) is 6.42 Å². The number of hydrogen-bond acceptors (Lipinski definition) is 1. The van der Waals surface area contributed by atoms with Gasteiger partial charge in [0.2, 0.25) is 5.91 Å². The Balaban J connectivity index is 1.71. The van der Waals surface area contributed by atoms with Gasteiger partial charge in [0.15, 0.2) is 0 Å². The fraction of sp³-hybridized carbons (Fsp3) is 0.286. The number of rotatable bonds is 1. The first-order valence-corrected chi connectivity index (χ1v) is 8.23. The highest BCUT2D eigenvalue weighted by Crippen LogP contribution is 2.73. The van der Waals surface area contributed by atoms with Crippen LogP contribution in [0.5, 0.6) is 0 Å². The van der Waals surface area contributed by atoms with Gasteiger partial charge < -0.3 is 0 Å². The van der Waals surface area contributed by atoms with Crippen molar-refractivity contribution in [2.45, 2.75) is 24.2 Å². The molecule has 0 N–H and O–H groups in total. The molecule has 0 radical (unpaired) electrons. The fourth-order valence-corrected chi connectivity index (χ4v) is 5.11. The van der Waals surface area contributed by atoms with Crippen LogP contribution >= 0.6 is 0 Å². The number of benzene rings is 2. The van der Waals surface area contributed by atoms with Crippen LogP contribution in [-0.2, 0) is 16.6 Å². The molecule has 2 aliphatic carbocycles. The number of anilines is 1. The maximum Gasteiger partial charge on any atom is 0.239 e. The standard InChI is InChI=1S/C21H17NO/c1-2-13-22-18-10-6-5-9-16(18)21(20(22)23)17-12-11-14-7-3-4-8-15(14)19(17)21/h1,3-10,17,19H,11-13H2/t17-,19+,21+/m0/s1. The van der Waals surface area contributed by atoms with E-state index in [0.29, 0.717) is 18.4 Å². The molecule has 1 fully saturated rings. The topological polar surface area (TPSA) is 20.3 Å². The van der Waals surface area contributed by atoms with Crippen LogP contribution in [0.25, 0.3) is 0 Å². The smallest absolute Gasteiger partial charge is 0.239 e. The van der Waals surface area contributed by atoms with Crippen molar-refractivity contribution in [3.8, 4) is 12.3 Å². The van der Waals surface area contributed by atoms with Crippen molar-refractivity contribution in [2.24, 2.45) is 5.92 Å². The molecule has 1 heterocycles. The molecule has 5 rings (SSSR count). The first-order chi connectivity index (χ1) is 11.3. The third kappa shape index (κ3) is 1.39. The minimum atomic E-state index is -0.361. The van der Waals surface area contributed by atoms with Crippen LogP contribution in [0, 0.1) is 18.3 Å². The molecule has 1 amide bonds. The molecule has 2 aromatic rings. The van der Waals surface area contributed by atoms with Gasteiger partial charge in [0.25, 0.3) is 0 Å². The molecule has 0 aromatic heterocycles. The average Bonchev–Trinajstić information content (AvgIpc) is 3.23. The molecule has 3 atom stereocenters. The van der Waals surface area contributed by atoms with E-state index < -0.39 is 0 Å². The summed E-state index contributed by atoms with van der Waals surface area (Å²) < 4.78 is 0. The number of aryl methyl sites for hydroxylation is 1. The predicted octanol–water partition coefficient (Wildman–Crippen LogP) is 3.26. The molecule has 2 nitrogen and oxygen atoms in total. The Morgan fingerprint density at radius 3 is 2.83 bits per heavy atom. The van der Waals surface area contributed by atoms with Crippen LogP contribution in [0.15, 0.2) is 48.5 Å². The molecule has 23 heavy (non-hydrogen) atoms. The summed E-state index contributed by atoms with van der Waals surface area (Å²) in [4.78, 5) is 15.2. The second-order valence-corrected chi connectivity index (χ2v) is 6.80. The molecular weight excluding hydrogens is 282 g/mol. The third-order valence-electron chi connectivity index (χ3n) is 5.97. The lowest BCUT2D eigenvalue weighted by molar-refractivity contribution is -0.120. The number of amides is 1. The molecule has 2 heteroatoms. The van der Waals surface area contributed by atoms with Crippen molar-refractivity contribution in [1.29, 1.82) is 0 Å². The zero-order chi connectivity index (χ0) is 15.6. The van der Waals surface area contributed by atoms with Crippen LogP contribution in [-0.4, -0.2) is 12.5 Å². The number of para-hydroxylation sites is 1. The lowest BCUT2D eigenvalue weighted by atomic mass is 9.90. The van der Waals surface area contributed by atoms with E-state index in [1.54, 1.807) is 0 Å². The van der Waals surface area contributed by atoms with E-state index in [2.05, 4.69) is 36.3 Å². The van der Waals surface area contributed by atoms with Gasteiger partial charge >= 0.3 is 0 Å². The van der Waals surface area contributed by atoms with Crippen LogP contribution in [0.3, 0.4) is 0 Å². The highest BCUT2D eigenvalue weighted by atomic mass is 16.2. The number of hydrogen-bond donors (Lipinski definition) is 0. The number of fused-ring (bicyclic) bond motifs is 7. The number of carbonyl (C=O) groups excluding carboxylic acids is 1. The Morgan fingerprint density at radius 1 is 1.17 bits per heavy atom. The summed E-state index contributed by atoms with van der Waals surface area (Å²) >= 11 is 0. The molecule has 1 aliphatic heterocycles. The van der Waals surface area contributed by atoms with Gasteiger partial charge in [0.1, 0.15) is 0 Å². The van der Waals surface area contributed by atoms with E-state index in [9.17, 15) is 4.79 Å². The summed E-state index contributed by atoms with van der Waals surface area (Å²) in [5, 5.41) is 0. The van der Waals surface area contributed by atoms with Gasteiger partial charge in [0.05, 0.1) is 12.0 Å². The molecule has 0 unspecified atom stereocenters. The largest absolute Gasteiger partial charge is 0.300 e. The lowest BCUT2D eigenvalue weighted by Gasteiger charge is -2.15. The second kappa shape index (κ2) is 4.26. The van der Waals surface area contributed by atoms with E-state index in [1.807, 2.05) is 23.1 Å². The Bertz CT molecular complexity index is 877. The van der Waals surface area contributed by atoms with E-state index >= 15 is 0 Å². The second-order valence-electron chi connectivity index (χ2n) is 6.80. The summed E-state index contributed by atoms with van der Waals surface area (Å²) in [6, 6.07) is 16.8. The molecule has 1 saturated carbocycles. The zero-order valence-corrected chi connectivity index (χ0v) is 12.8. The SMILES string of the molecule is C#CCN1C(=O)[C@@]2(c3ccccc31)[C@@H]1c3ccccc3CC[C@@H]12. The zero-order valence-electron chi connectivity index (χ0n) is 12.8. The average molecular weight is 299 g/mol. The van der Waals surface area contributed by atoms with Crippen molar-refractivity contribution < 1.29 is 4.79 Å². The summed E-state index contributed by atoms with van der Waals surface area (Å²) in [6.07, 6.45) is 7.68. The van der Waals surface area contributed by atoms with Gasteiger partial charge in [-0.2, -0.15) is 0 Å². The van der Waals surface area contributed by atoms with Crippen LogP contribution in [0.1, 0.15) is 29.0 Å². The Morgan fingerprint density at radius 2 is 1.96 bits per heavy atom. The highest BCUT2D eigenvalue weighted by Gasteiger charge is 2.75. The van der Waals surface area contributed by atoms with Gasteiger partial charge in [-0.05, 0) is 41.5 Å². The van der Waals surface area contributed by atoms with Crippen LogP contribution in [0.4, 0.5) is 5.69 Å². The van der Waals surface area contributed by atoms with E-state index in [1.165, 1.54) is 16.7 Å². The van der Waals surface area contributed by atoms with Crippen LogP contribution < -0.4 is 4.90 Å². The summed E-state index contributed by atoms with van der Waals surface area (Å²) in [7, 11) is 0. The Kier molecular flexibility index (Phi) is 2.40. The number of carbonyl (C=O) groups is 1. The minimum absolute atomic E-state index is 0.211. The molecular formula is C21H17NO. The maximum absolute atomic E-state index is 13.3. The molecule has 0 bridgehead atoms. The number of nitrogens with zero attached hydrogens (tertiary/aromatic N) is 1. The molecule has 1 spiro atoms. The first-order valence-electron chi connectivity index (χ1n) is 8.23. The molecule has 112 valence electrons. The van der Waals surface area contributed by atoms with Crippen LogP contribution in [0.2, 0.25) is 0 Å². The Hall–Kier alpha value is -2.53. The third-order valence-corrected chi connectivity index (χ3v) is 5.97. The quantitative estimate of drug-likeness (QED) is 0.740. The summed E-state index contributed by atoms with van der Waals surface area (Å²) in [5.41, 5.74) is 4.62. The number of terminal acetylenes is 1. The van der Waals surface area contributed by atoms with Crippen molar-refractivity contribution in [3.05, 3.63) is 65.2 Å². The Labute approximate surface area is 136 Å². The predicted molar refractivity (Wildman–Crippen MR) is 90.3 cm³/mol. The van der Waals surface area contributed by atoms with Gasteiger partial charge in [-0.1, -0.05) is 48.4 Å². The fourth-order valence-electron chi connectivity index (χ4n) is 5.11. The van der Waals surface area contributed by atoms with Crippen molar-refractivity contribution in [1.82, 2.24) is 0 Å². The molecule has 3 aliphatic rings. The molecule has 2 aromatic carbocycles. The van der Waals surface area contributed by atoms with Crippen molar-refractivity contribution in [2.75, 3.05) is 11.4 Å². The van der Waals surface area contributed by atoms with E-state index in [-0.39, 0.29) is 11.3 Å². The summed E-state index contributed by atoms with van der Waals surface area (Å²) in [5.74, 6) is 3.61. The van der Waals surface area contributed by atoms with Gasteiger partial charge in [-0.3, -0.25) is 9.69 Å². The maximum atomic E-state index is 13.3. The van der Waals surface area contributed by atoms with Crippen molar-refractivity contribution in [3.63, 3.8) is 0 Å². The monoisotopic (exact) mass is 299 g/mol. The van der Waals surface area contributed by atoms with Crippen molar-refractivity contribution >= 4 is 11.6 Å². The highest BCUT2D eigenvalue weighted by molar-refractivity contribution is 6.12. The first kappa shape index (κ1) is 13.0. The minimum Gasteiger partial charge on any atom is -0.300 e. The lowest BCUT2D eigenvalue weighted by Crippen LogP contribution is -2.34. The van der Waals surface area contributed by atoms with Gasteiger partial charge in [0, 0.05) is 11.6 Å². The summed E-state index contributed by atoms with van der Waals surface area (Å²) in [6.45, 7) is 0.360. The van der Waals surface area contributed by atoms with Gasteiger partial charge in [-0.25, -0.2) is 0 Å².